The minimum absolute atomic E-state index is 0.133. The van der Waals surface area contributed by atoms with Crippen LogP contribution in [0.4, 0.5) is 4.39 Å². The highest BCUT2D eigenvalue weighted by Crippen LogP contribution is 2.26. The van der Waals surface area contributed by atoms with Crippen molar-refractivity contribution >= 4 is 5.96 Å². The number of aliphatic hydroxyl groups excluding tert-OH is 1. The molecule has 0 bridgehead atoms. The van der Waals surface area contributed by atoms with E-state index in [1.54, 1.807) is 50.6 Å². The van der Waals surface area contributed by atoms with E-state index in [1.165, 1.54) is 6.07 Å². The summed E-state index contributed by atoms with van der Waals surface area (Å²) in [7, 11) is 3.11. The Morgan fingerprint density at radius 2 is 1.77 bits per heavy atom. The Labute approximate surface area is 176 Å². The molecule has 2 atom stereocenters. The van der Waals surface area contributed by atoms with E-state index >= 15 is 0 Å². The summed E-state index contributed by atoms with van der Waals surface area (Å²) in [5.74, 6) is 1.52. The first kappa shape index (κ1) is 23.3. The van der Waals surface area contributed by atoms with Gasteiger partial charge in [-0.1, -0.05) is 12.1 Å². The minimum atomic E-state index is -0.837. The Morgan fingerprint density at radius 3 is 2.37 bits per heavy atom. The van der Waals surface area contributed by atoms with Crippen LogP contribution in [-0.4, -0.2) is 51.0 Å². The SMILES string of the molecule is CCNC(=NCC(O)c1cc(OC)cc(OC)c1)NCC(C)Oc1ccccc1F. The molecule has 0 amide bonds. The molecule has 0 aromatic heterocycles. The average molecular weight is 419 g/mol. The molecule has 30 heavy (non-hydrogen) atoms. The first-order valence-corrected chi connectivity index (χ1v) is 9.81. The van der Waals surface area contributed by atoms with Crippen LogP contribution in [0.2, 0.25) is 0 Å². The number of hydrogen-bond acceptors (Lipinski definition) is 5. The monoisotopic (exact) mass is 419 g/mol. The second-order valence-electron chi connectivity index (χ2n) is 6.62. The second kappa shape index (κ2) is 11.9. The van der Waals surface area contributed by atoms with E-state index in [9.17, 15) is 9.50 Å². The van der Waals surface area contributed by atoms with Gasteiger partial charge in [-0.15, -0.1) is 0 Å². The highest BCUT2D eigenvalue weighted by Gasteiger charge is 2.12. The maximum absolute atomic E-state index is 13.7. The molecule has 7 nitrogen and oxygen atoms in total. The third kappa shape index (κ3) is 7.11. The van der Waals surface area contributed by atoms with E-state index in [0.29, 0.717) is 36.1 Å². The number of methoxy groups -OCH3 is 2. The van der Waals surface area contributed by atoms with E-state index in [-0.39, 0.29) is 18.4 Å². The van der Waals surface area contributed by atoms with Crippen molar-refractivity contribution in [1.29, 1.82) is 0 Å². The molecule has 0 saturated heterocycles. The van der Waals surface area contributed by atoms with Gasteiger partial charge >= 0.3 is 0 Å². The molecule has 3 N–H and O–H groups in total. The van der Waals surface area contributed by atoms with Gasteiger partial charge in [0.25, 0.3) is 0 Å². The number of ether oxygens (including phenoxy) is 3. The normalized spacial score (nSPS) is 13.3. The van der Waals surface area contributed by atoms with Crippen LogP contribution in [0, 0.1) is 5.82 Å². The molecule has 0 spiro atoms. The lowest BCUT2D eigenvalue weighted by molar-refractivity contribution is 0.186. The molecule has 2 rings (SSSR count). The van der Waals surface area contributed by atoms with E-state index in [1.807, 2.05) is 13.8 Å². The van der Waals surface area contributed by atoms with Crippen LogP contribution in [0.25, 0.3) is 0 Å². The molecular formula is C22H30FN3O4. The van der Waals surface area contributed by atoms with Gasteiger partial charge in [-0.3, -0.25) is 4.99 Å². The van der Waals surface area contributed by atoms with Gasteiger partial charge in [-0.05, 0) is 43.7 Å². The maximum atomic E-state index is 13.7. The Bertz CT molecular complexity index is 810. The number of rotatable bonds is 10. The number of aliphatic hydroxyl groups is 1. The highest BCUT2D eigenvalue weighted by molar-refractivity contribution is 5.79. The fourth-order valence-corrected chi connectivity index (χ4v) is 2.69. The van der Waals surface area contributed by atoms with Gasteiger partial charge in [-0.25, -0.2) is 4.39 Å². The molecule has 0 saturated carbocycles. The fraction of sp³-hybridized carbons (Fsp3) is 0.409. The predicted octanol–water partition coefficient (Wildman–Crippen LogP) is 2.90. The summed E-state index contributed by atoms with van der Waals surface area (Å²) in [4.78, 5) is 4.43. The van der Waals surface area contributed by atoms with Crippen molar-refractivity contribution in [3.8, 4) is 17.2 Å². The number of nitrogens with one attached hydrogen (secondary N) is 2. The van der Waals surface area contributed by atoms with Crippen molar-refractivity contribution in [2.24, 2.45) is 4.99 Å². The van der Waals surface area contributed by atoms with Gasteiger partial charge in [0.1, 0.15) is 17.6 Å². The van der Waals surface area contributed by atoms with Crippen molar-refractivity contribution in [1.82, 2.24) is 10.6 Å². The quantitative estimate of drug-likeness (QED) is 0.406. The molecule has 0 radical (unpaired) electrons. The second-order valence-corrected chi connectivity index (χ2v) is 6.62. The Hall–Kier alpha value is -3.00. The van der Waals surface area contributed by atoms with E-state index in [0.717, 1.165) is 0 Å². The number of halogens is 1. The molecule has 8 heteroatoms. The Morgan fingerprint density at radius 1 is 1.10 bits per heavy atom. The van der Waals surface area contributed by atoms with Gasteiger partial charge in [-0.2, -0.15) is 0 Å². The zero-order valence-corrected chi connectivity index (χ0v) is 17.8. The molecule has 0 aliphatic rings. The number of hydrogen-bond donors (Lipinski definition) is 3. The zero-order chi connectivity index (χ0) is 21.9. The van der Waals surface area contributed by atoms with Crippen LogP contribution in [0.15, 0.2) is 47.5 Å². The highest BCUT2D eigenvalue weighted by atomic mass is 19.1. The van der Waals surface area contributed by atoms with E-state index < -0.39 is 11.9 Å². The van der Waals surface area contributed by atoms with Gasteiger partial charge in [0.2, 0.25) is 0 Å². The van der Waals surface area contributed by atoms with Crippen LogP contribution in [0.5, 0.6) is 17.2 Å². The number of benzene rings is 2. The lowest BCUT2D eigenvalue weighted by Crippen LogP contribution is -2.42. The number of guanidine groups is 1. The van der Waals surface area contributed by atoms with E-state index in [2.05, 4.69) is 15.6 Å². The number of para-hydroxylation sites is 1. The van der Waals surface area contributed by atoms with Crippen LogP contribution < -0.4 is 24.8 Å². The summed E-state index contributed by atoms with van der Waals surface area (Å²) in [6.45, 7) is 4.97. The topological polar surface area (TPSA) is 84.3 Å². The summed E-state index contributed by atoms with van der Waals surface area (Å²) >= 11 is 0. The predicted molar refractivity (Wildman–Crippen MR) is 115 cm³/mol. The fourth-order valence-electron chi connectivity index (χ4n) is 2.69. The van der Waals surface area contributed by atoms with Crippen LogP contribution >= 0.6 is 0 Å². The van der Waals surface area contributed by atoms with Crippen molar-refractivity contribution < 1.29 is 23.7 Å². The van der Waals surface area contributed by atoms with Gasteiger partial charge in [0.15, 0.2) is 17.5 Å². The molecule has 0 aliphatic heterocycles. The molecule has 0 heterocycles. The molecule has 2 aromatic carbocycles. The lowest BCUT2D eigenvalue weighted by Gasteiger charge is -2.18. The first-order valence-electron chi connectivity index (χ1n) is 9.81. The summed E-state index contributed by atoms with van der Waals surface area (Å²) in [6.07, 6.45) is -1.13. The molecule has 164 valence electrons. The van der Waals surface area contributed by atoms with Gasteiger partial charge in [0.05, 0.1) is 33.4 Å². The number of aliphatic imine (C=N–C) groups is 1. The molecule has 0 aliphatic carbocycles. The summed E-state index contributed by atoms with van der Waals surface area (Å²) in [5.41, 5.74) is 0.641. The lowest BCUT2D eigenvalue weighted by atomic mass is 10.1. The summed E-state index contributed by atoms with van der Waals surface area (Å²) in [6, 6.07) is 11.5. The maximum Gasteiger partial charge on any atom is 0.191 e. The van der Waals surface area contributed by atoms with Crippen molar-refractivity contribution in [3.63, 3.8) is 0 Å². The van der Waals surface area contributed by atoms with E-state index in [4.69, 9.17) is 14.2 Å². The van der Waals surface area contributed by atoms with Crippen molar-refractivity contribution in [2.75, 3.05) is 33.9 Å². The Kier molecular flexibility index (Phi) is 9.21. The van der Waals surface area contributed by atoms with Crippen molar-refractivity contribution in [3.05, 3.63) is 53.8 Å². The third-order valence-corrected chi connectivity index (χ3v) is 4.25. The zero-order valence-electron chi connectivity index (χ0n) is 17.8. The minimum Gasteiger partial charge on any atom is -0.497 e. The smallest absolute Gasteiger partial charge is 0.191 e. The van der Waals surface area contributed by atoms with Gasteiger partial charge < -0.3 is 30.0 Å². The molecule has 0 fully saturated rings. The largest absolute Gasteiger partial charge is 0.497 e. The summed E-state index contributed by atoms with van der Waals surface area (Å²) in [5, 5.41) is 16.8. The van der Waals surface area contributed by atoms with Crippen LogP contribution in [0.3, 0.4) is 0 Å². The van der Waals surface area contributed by atoms with Crippen LogP contribution in [-0.2, 0) is 0 Å². The Balaban J connectivity index is 1.97. The first-order chi connectivity index (χ1) is 14.5. The number of nitrogens with zero attached hydrogens (tertiary/aromatic N) is 1. The van der Waals surface area contributed by atoms with Crippen LogP contribution in [0.1, 0.15) is 25.5 Å². The summed E-state index contributed by atoms with van der Waals surface area (Å²) < 4.78 is 29.8. The third-order valence-electron chi connectivity index (χ3n) is 4.25. The standard InChI is InChI=1S/C22H30FN3O4/c1-5-24-22(25-13-15(2)30-21-9-7-6-8-19(21)23)26-14-20(27)16-10-17(28-3)12-18(11-16)29-4/h6-12,15,20,27H,5,13-14H2,1-4H3,(H2,24,25,26). The average Bonchev–Trinajstić information content (AvgIpc) is 2.76. The molecule has 2 unspecified atom stereocenters. The molecule has 2 aromatic rings. The van der Waals surface area contributed by atoms with Crippen molar-refractivity contribution in [2.45, 2.75) is 26.1 Å². The molecular weight excluding hydrogens is 389 g/mol. The van der Waals surface area contributed by atoms with Gasteiger partial charge in [0, 0.05) is 12.6 Å².